The Morgan fingerprint density at radius 1 is 1.60 bits per heavy atom. The summed E-state index contributed by atoms with van der Waals surface area (Å²) in [4.78, 5) is 13.5. The van der Waals surface area contributed by atoms with E-state index in [4.69, 9.17) is 4.52 Å². The Morgan fingerprint density at radius 2 is 2.33 bits per heavy atom. The van der Waals surface area contributed by atoms with Crippen molar-refractivity contribution >= 4 is 5.78 Å². The summed E-state index contributed by atoms with van der Waals surface area (Å²) in [5, 5.41) is 3.68. The smallest absolute Gasteiger partial charge is 0.133 e. The first-order valence-corrected chi connectivity index (χ1v) is 5.37. The van der Waals surface area contributed by atoms with Crippen molar-refractivity contribution in [3.8, 4) is 0 Å². The van der Waals surface area contributed by atoms with Gasteiger partial charge in [-0.3, -0.25) is 9.69 Å². The first-order chi connectivity index (χ1) is 7.25. The molecule has 0 bridgehead atoms. The molecule has 0 radical (unpaired) electrons. The molecule has 0 aliphatic carbocycles. The van der Waals surface area contributed by atoms with Crippen molar-refractivity contribution in [3.63, 3.8) is 0 Å². The summed E-state index contributed by atoms with van der Waals surface area (Å²) < 4.78 is 4.78. The highest BCUT2D eigenvalue weighted by Crippen LogP contribution is 2.19. The van der Waals surface area contributed by atoms with Gasteiger partial charge in [-0.05, 0) is 32.9 Å². The van der Waals surface area contributed by atoms with Gasteiger partial charge in [0.2, 0.25) is 0 Å². The molecule has 1 saturated heterocycles. The molecule has 0 unspecified atom stereocenters. The van der Waals surface area contributed by atoms with E-state index in [0.29, 0.717) is 5.78 Å². The lowest BCUT2D eigenvalue weighted by atomic mass is 9.93. The summed E-state index contributed by atoms with van der Waals surface area (Å²) in [6.45, 7) is 4.57. The van der Waals surface area contributed by atoms with E-state index in [9.17, 15) is 4.79 Å². The number of nitrogens with zero attached hydrogens (tertiary/aromatic N) is 2. The van der Waals surface area contributed by atoms with Crippen LogP contribution < -0.4 is 0 Å². The fourth-order valence-corrected chi connectivity index (χ4v) is 2.06. The van der Waals surface area contributed by atoms with E-state index < -0.39 is 0 Å². The van der Waals surface area contributed by atoms with Gasteiger partial charge in [-0.2, -0.15) is 0 Å². The topological polar surface area (TPSA) is 46.3 Å². The second-order valence-electron chi connectivity index (χ2n) is 4.19. The second-order valence-corrected chi connectivity index (χ2v) is 4.19. The Hall–Kier alpha value is -1.16. The number of Topliss-reactive ketones (excluding diaryl/α,β-unsaturated/α-hetero) is 1. The van der Waals surface area contributed by atoms with Crippen LogP contribution in [0.2, 0.25) is 0 Å². The Bertz CT molecular complexity index is 313. The van der Waals surface area contributed by atoms with Gasteiger partial charge in [-0.1, -0.05) is 5.16 Å². The van der Waals surface area contributed by atoms with E-state index in [-0.39, 0.29) is 5.92 Å². The van der Waals surface area contributed by atoms with Crippen molar-refractivity contribution in [2.24, 2.45) is 5.92 Å². The minimum atomic E-state index is 0.281. The highest BCUT2D eigenvalue weighted by atomic mass is 16.5. The maximum Gasteiger partial charge on any atom is 0.133 e. The lowest BCUT2D eigenvalue weighted by Gasteiger charge is -2.30. The third-order valence-electron chi connectivity index (χ3n) is 3.05. The molecule has 2 rings (SSSR count). The van der Waals surface area contributed by atoms with Crippen LogP contribution in [-0.2, 0) is 11.3 Å². The Balaban J connectivity index is 1.81. The monoisotopic (exact) mass is 208 g/mol. The summed E-state index contributed by atoms with van der Waals surface area (Å²) in [6, 6.07) is 0. The van der Waals surface area contributed by atoms with Crippen LogP contribution in [0.15, 0.2) is 17.0 Å². The van der Waals surface area contributed by atoms with Crippen molar-refractivity contribution in [1.29, 1.82) is 0 Å². The molecule has 0 atom stereocenters. The molecule has 1 aliphatic rings. The zero-order valence-electron chi connectivity index (χ0n) is 8.98. The second kappa shape index (κ2) is 4.57. The first-order valence-electron chi connectivity index (χ1n) is 5.37. The van der Waals surface area contributed by atoms with Gasteiger partial charge in [-0.15, -0.1) is 0 Å². The van der Waals surface area contributed by atoms with Crippen molar-refractivity contribution < 1.29 is 9.32 Å². The van der Waals surface area contributed by atoms with E-state index in [1.807, 2.05) is 0 Å². The quantitative estimate of drug-likeness (QED) is 0.754. The Morgan fingerprint density at radius 3 is 2.87 bits per heavy atom. The molecule has 1 aromatic heterocycles. The van der Waals surface area contributed by atoms with E-state index in [2.05, 4.69) is 10.1 Å². The molecule has 0 saturated carbocycles. The molecule has 0 amide bonds. The van der Waals surface area contributed by atoms with Crippen LogP contribution >= 0.6 is 0 Å². The number of piperidine rings is 1. The number of carbonyl (C=O) groups excluding carboxylic acids is 1. The molecule has 2 heterocycles. The number of ketones is 1. The van der Waals surface area contributed by atoms with Gasteiger partial charge < -0.3 is 4.52 Å². The normalized spacial score (nSPS) is 19.3. The molecule has 0 spiro atoms. The van der Waals surface area contributed by atoms with Gasteiger partial charge in [0.15, 0.2) is 0 Å². The van der Waals surface area contributed by atoms with Crippen LogP contribution in [0.4, 0.5) is 0 Å². The molecule has 1 aromatic rings. The van der Waals surface area contributed by atoms with Gasteiger partial charge in [0.05, 0.1) is 6.20 Å². The first kappa shape index (κ1) is 10.4. The van der Waals surface area contributed by atoms with Crippen LogP contribution in [0.1, 0.15) is 25.3 Å². The lowest BCUT2D eigenvalue weighted by Crippen LogP contribution is -2.35. The zero-order chi connectivity index (χ0) is 10.7. The van der Waals surface area contributed by atoms with Crippen LogP contribution in [0.3, 0.4) is 0 Å². The fourth-order valence-electron chi connectivity index (χ4n) is 2.06. The number of carbonyl (C=O) groups is 1. The highest BCUT2D eigenvalue weighted by molar-refractivity contribution is 5.78. The minimum absolute atomic E-state index is 0.281. The van der Waals surface area contributed by atoms with Crippen LogP contribution in [-0.4, -0.2) is 28.9 Å². The van der Waals surface area contributed by atoms with E-state index in [1.54, 1.807) is 19.4 Å². The predicted molar refractivity (Wildman–Crippen MR) is 55.2 cm³/mol. The largest absolute Gasteiger partial charge is 0.364 e. The van der Waals surface area contributed by atoms with Crippen LogP contribution in [0.25, 0.3) is 0 Å². The summed E-state index contributed by atoms with van der Waals surface area (Å²) in [5.41, 5.74) is 1.11. The van der Waals surface area contributed by atoms with E-state index in [1.165, 1.54) is 0 Å². The molecular formula is C11H16N2O2. The van der Waals surface area contributed by atoms with Gasteiger partial charge in [0.25, 0.3) is 0 Å². The van der Waals surface area contributed by atoms with Gasteiger partial charge in [-0.25, -0.2) is 0 Å². The Labute approximate surface area is 89.2 Å². The number of rotatable bonds is 3. The molecule has 15 heavy (non-hydrogen) atoms. The molecular weight excluding hydrogens is 192 g/mol. The molecule has 1 fully saturated rings. The number of hydrogen-bond donors (Lipinski definition) is 0. The Kier molecular flexibility index (Phi) is 3.16. The van der Waals surface area contributed by atoms with Gasteiger partial charge in [0.1, 0.15) is 12.0 Å². The SMILES string of the molecule is CC(=O)C1CCN(Cc2cnoc2)CC1. The summed E-state index contributed by atoms with van der Waals surface area (Å²) >= 11 is 0. The summed E-state index contributed by atoms with van der Waals surface area (Å²) in [7, 11) is 0. The molecule has 0 N–H and O–H groups in total. The molecule has 1 aliphatic heterocycles. The van der Waals surface area contributed by atoms with Gasteiger partial charge >= 0.3 is 0 Å². The highest BCUT2D eigenvalue weighted by Gasteiger charge is 2.22. The average Bonchev–Trinajstić information content (AvgIpc) is 2.71. The molecule has 4 heteroatoms. The van der Waals surface area contributed by atoms with Crippen molar-refractivity contribution in [1.82, 2.24) is 10.1 Å². The number of likely N-dealkylation sites (tertiary alicyclic amines) is 1. The van der Waals surface area contributed by atoms with Gasteiger partial charge in [0, 0.05) is 18.0 Å². The summed E-state index contributed by atoms with van der Waals surface area (Å²) in [6.07, 6.45) is 5.40. The third-order valence-corrected chi connectivity index (χ3v) is 3.05. The molecule has 4 nitrogen and oxygen atoms in total. The standard InChI is InChI=1S/C11H16N2O2/c1-9(14)11-2-4-13(5-3-11)7-10-6-12-15-8-10/h6,8,11H,2-5,7H2,1H3. The molecule has 0 aromatic carbocycles. The zero-order valence-corrected chi connectivity index (χ0v) is 8.98. The lowest BCUT2D eigenvalue weighted by molar-refractivity contribution is -0.122. The molecule has 82 valence electrons. The van der Waals surface area contributed by atoms with Crippen LogP contribution in [0, 0.1) is 5.92 Å². The average molecular weight is 208 g/mol. The van der Waals surface area contributed by atoms with Crippen molar-refractivity contribution in [2.75, 3.05) is 13.1 Å². The third kappa shape index (κ3) is 2.65. The van der Waals surface area contributed by atoms with E-state index in [0.717, 1.165) is 38.0 Å². The van der Waals surface area contributed by atoms with E-state index >= 15 is 0 Å². The fraction of sp³-hybridized carbons (Fsp3) is 0.636. The predicted octanol–water partition coefficient (Wildman–Crippen LogP) is 1.48. The maximum atomic E-state index is 11.2. The van der Waals surface area contributed by atoms with Crippen molar-refractivity contribution in [3.05, 3.63) is 18.0 Å². The number of aromatic nitrogens is 1. The van der Waals surface area contributed by atoms with Crippen molar-refractivity contribution in [2.45, 2.75) is 26.3 Å². The summed E-state index contributed by atoms with van der Waals surface area (Å²) in [5.74, 6) is 0.614. The van der Waals surface area contributed by atoms with Crippen LogP contribution in [0.5, 0.6) is 0 Å². The maximum absolute atomic E-state index is 11.2. The minimum Gasteiger partial charge on any atom is -0.364 e. The number of hydrogen-bond acceptors (Lipinski definition) is 4.